The third-order valence-corrected chi connectivity index (χ3v) is 8.96. The molecule has 0 radical (unpaired) electrons. The minimum absolute atomic E-state index is 0.115. The summed E-state index contributed by atoms with van der Waals surface area (Å²) >= 11 is 2.83. The molecule has 1 aliphatic heterocycles. The fourth-order valence-electron chi connectivity index (χ4n) is 4.68. The van der Waals surface area contributed by atoms with Crippen LogP contribution in [0.1, 0.15) is 17.0 Å². The van der Waals surface area contributed by atoms with Crippen molar-refractivity contribution in [2.75, 3.05) is 18.1 Å². The number of carbonyl (C=O) groups excluding carboxylic acids is 1. The van der Waals surface area contributed by atoms with E-state index in [1.54, 1.807) is 6.08 Å². The number of ether oxygens (including phenoxy) is 1. The van der Waals surface area contributed by atoms with Crippen LogP contribution >= 0.6 is 23.1 Å². The third kappa shape index (κ3) is 5.15. The number of fused-ring (bicyclic) bond motifs is 4. The van der Waals surface area contributed by atoms with Crippen molar-refractivity contribution < 1.29 is 24.0 Å². The van der Waals surface area contributed by atoms with Crippen molar-refractivity contribution in [3.05, 3.63) is 81.8 Å². The van der Waals surface area contributed by atoms with Gasteiger partial charge in [0, 0.05) is 16.3 Å². The number of aromatic nitrogens is 1. The van der Waals surface area contributed by atoms with E-state index in [4.69, 9.17) is 4.74 Å². The summed E-state index contributed by atoms with van der Waals surface area (Å²) in [5.74, 6) is -0.940. The van der Waals surface area contributed by atoms with Crippen LogP contribution in [-0.2, 0) is 20.9 Å². The van der Waals surface area contributed by atoms with Gasteiger partial charge in [-0.3, -0.25) is 9.59 Å². The molecule has 40 heavy (non-hydrogen) atoms. The fraction of sp³-hybridized carbons (Fsp3) is 0.167. The topological polar surface area (TPSA) is 118 Å². The number of carboxylic acids is 1. The van der Waals surface area contributed by atoms with Crippen LogP contribution in [0.25, 0.3) is 26.6 Å². The number of benzene rings is 3. The predicted molar refractivity (Wildman–Crippen MR) is 154 cm³/mol. The van der Waals surface area contributed by atoms with Crippen LogP contribution in [0, 0.1) is 29.6 Å². The lowest BCUT2D eigenvalue weighted by atomic mass is 10.1. The van der Waals surface area contributed by atoms with Gasteiger partial charge in [0.15, 0.2) is 6.54 Å². The van der Waals surface area contributed by atoms with E-state index in [0.717, 1.165) is 37.1 Å². The molecule has 0 spiro atoms. The van der Waals surface area contributed by atoms with E-state index in [9.17, 15) is 25.2 Å². The summed E-state index contributed by atoms with van der Waals surface area (Å²) in [4.78, 5) is 25.2. The molecule has 5 rings (SSSR count). The summed E-state index contributed by atoms with van der Waals surface area (Å²) in [7, 11) is 0. The first-order valence-electron chi connectivity index (χ1n) is 12.4. The largest absolute Gasteiger partial charge is 0.481 e. The van der Waals surface area contributed by atoms with Gasteiger partial charge in [-0.1, -0.05) is 53.4 Å². The van der Waals surface area contributed by atoms with Gasteiger partial charge in [0.1, 0.15) is 35.4 Å². The molecule has 0 saturated heterocycles. The predicted octanol–water partition coefficient (Wildman–Crippen LogP) is 5.55. The lowest BCUT2D eigenvalue weighted by Crippen LogP contribution is -2.37. The number of thiazole rings is 1. The van der Waals surface area contributed by atoms with Crippen molar-refractivity contribution >= 4 is 67.8 Å². The normalized spacial score (nSPS) is 14.1. The van der Waals surface area contributed by atoms with Crippen molar-refractivity contribution in [1.29, 1.82) is 10.5 Å². The Balaban J connectivity index is 1.67. The number of carboxylic acid groups (broad SMARTS) is 1. The number of anilines is 1. The van der Waals surface area contributed by atoms with Crippen LogP contribution in [0.15, 0.2) is 76.2 Å². The smallest absolute Gasteiger partial charge is 0.309 e. The number of thioether (sulfide) groups is 1. The summed E-state index contributed by atoms with van der Waals surface area (Å²) in [5, 5.41) is 33.2. The maximum atomic E-state index is 11.5. The Hall–Kier alpha value is -4.64. The molecule has 10 heteroatoms. The number of allylic oxidation sites excluding steroid dienone is 3. The average Bonchev–Trinajstić information content (AvgIpc) is 3.51. The summed E-state index contributed by atoms with van der Waals surface area (Å²) in [5.41, 5.74) is 3.33. The number of nitrogens with zero attached hydrogens (tertiary/aromatic N) is 4. The highest BCUT2D eigenvalue weighted by Gasteiger charge is 2.30. The van der Waals surface area contributed by atoms with Crippen LogP contribution in [0.4, 0.5) is 5.69 Å². The molecular formula is C30H23N4O4S2+. The molecule has 0 saturated carbocycles. The molecule has 2 heterocycles. The molecule has 0 bridgehead atoms. The van der Waals surface area contributed by atoms with Crippen molar-refractivity contribution in [3.8, 4) is 12.1 Å². The minimum Gasteiger partial charge on any atom is -0.481 e. The monoisotopic (exact) mass is 567 g/mol. The number of hydrogen-bond donors (Lipinski definition) is 1. The molecule has 0 amide bonds. The molecular weight excluding hydrogens is 544 g/mol. The highest BCUT2D eigenvalue weighted by atomic mass is 32.2. The lowest BCUT2D eigenvalue weighted by molar-refractivity contribution is -0.668. The lowest BCUT2D eigenvalue weighted by Gasteiger charge is -2.20. The second kappa shape index (κ2) is 11.6. The number of aliphatic carboxylic acids is 1. The number of aryl methyl sites for hydroxylation is 2. The van der Waals surface area contributed by atoms with Gasteiger partial charge in [-0.25, -0.2) is 0 Å². The van der Waals surface area contributed by atoms with Gasteiger partial charge in [-0.15, -0.1) is 0 Å². The Labute approximate surface area is 238 Å². The van der Waals surface area contributed by atoms with E-state index in [1.165, 1.54) is 23.1 Å². The van der Waals surface area contributed by atoms with Crippen LogP contribution in [0.2, 0.25) is 0 Å². The average molecular weight is 568 g/mol. The van der Waals surface area contributed by atoms with Crippen molar-refractivity contribution in [2.45, 2.75) is 24.8 Å². The van der Waals surface area contributed by atoms with Crippen LogP contribution in [0.5, 0.6) is 0 Å². The molecule has 0 aliphatic carbocycles. The molecule has 198 valence electrons. The van der Waals surface area contributed by atoms with Gasteiger partial charge < -0.3 is 14.7 Å². The summed E-state index contributed by atoms with van der Waals surface area (Å²) in [6.45, 7) is 3.02. The fourth-order valence-corrected chi connectivity index (χ4v) is 7.10. The third-order valence-electron chi connectivity index (χ3n) is 6.49. The van der Waals surface area contributed by atoms with Gasteiger partial charge in [0.25, 0.3) is 11.5 Å². The van der Waals surface area contributed by atoms with E-state index >= 15 is 0 Å². The molecule has 1 aliphatic rings. The maximum absolute atomic E-state index is 11.5. The zero-order valence-electron chi connectivity index (χ0n) is 21.5. The number of hydrogen-bond acceptors (Lipinski definition) is 8. The Morgan fingerprint density at radius 3 is 2.73 bits per heavy atom. The first-order valence-corrected chi connectivity index (χ1v) is 14.0. The molecule has 1 N–H and O–H groups in total. The van der Waals surface area contributed by atoms with Gasteiger partial charge in [-0.05, 0) is 42.1 Å². The number of carbonyl (C=O) groups is 2. The van der Waals surface area contributed by atoms with Crippen LogP contribution < -0.4 is 9.47 Å². The Kier molecular flexibility index (Phi) is 7.83. The quantitative estimate of drug-likeness (QED) is 0.121. The SMILES string of the molecule is Cc1ccc2c(c1)N(CCOC=O)C(=C(C#N)/C=C(\C#N)c1sc3c4ccccc4ccc3[n+]1CCC(=O)O)S2. The van der Waals surface area contributed by atoms with Gasteiger partial charge in [-0.2, -0.15) is 15.1 Å². The number of rotatable bonds is 9. The first kappa shape index (κ1) is 26.9. The molecule has 1 aromatic heterocycles. The van der Waals surface area contributed by atoms with Crippen molar-refractivity contribution in [1.82, 2.24) is 0 Å². The minimum atomic E-state index is -0.940. The zero-order valence-corrected chi connectivity index (χ0v) is 23.1. The first-order chi connectivity index (χ1) is 19.4. The van der Waals surface area contributed by atoms with Crippen LogP contribution in [-0.4, -0.2) is 30.7 Å². The maximum Gasteiger partial charge on any atom is 0.309 e. The molecule has 4 aromatic rings. The van der Waals surface area contributed by atoms with E-state index in [2.05, 4.69) is 12.1 Å². The van der Waals surface area contributed by atoms with Crippen molar-refractivity contribution in [2.24, 2.45) is 0 Å². The standard InChI is InChI=1S/C30H22N4O4S2/c1-19-6-9-26-25(14-19)34(12-13-38-18-35)29(39-26)21(16-31)15-22(17-32)30-33(11-10-27(36)37)24-8-7-20-4-2-3-5-23(20)28(24)40-30/h2-9,14-15,18H,10-13H2,1H3/p+1. The van der Waals surface area contributed by atoms with Crippen LogP contribution in [0.3, 0.4) is 0 Å². The van der Waals surface area contributed by atoms with E-state index < -0.39 is 5.97 Å². The Bertz CT molecular complexity index is 1810. The summed E-state index contributed by atoms with van der Waals surface area (Å²) in [6.07, 6.45) is 1.45. The highest BCUT2D eigenvalue weighted by Crippen LogP contribution is 2.48. The highest BCUT2D eigenvalue weighted by molar-refractivity contribution is 8.03. The Morgan fingerprint density at radius 1 is 1.15 bits per heavy atom. The Morgan fingerprint density at radius 2 is 1.98 bits per heavy atom. The van der Waals surface area contributed by atoms with Crippen molar-refractivity contribution in [3.63, 3.8) is 0 Å². The van der Waals surface area contributed by atoms with Gasteiger partial charge in [0.05, 0.1) is 22.8 Å². The van der Waals surface area contributed by atoms with E-state index in [-0.39, 0.29) is 30.7 Å². The zero-order chi connectivity index (χ0) is 28.2. The molecule has 8 nitrogen and oxygen atoms in total. The molecule has 0 atom stereocenters. The van der Waals surface area contributed by atoms with Gasteiger partial charge >= 0.3 is 5.97 Å². The van der Waals surface area contributed by atoms with Gasteiger partial charge in [0.2, 0.25) is 5.52 Å². The molecule has 3 aromatic carbocycles. The molecule has 0 fully saturated rings. The number of nitriles is 2. The molecule has 0 unspecified atom stereocenters. The second-order valence-electron chi connectivity index (χ2n) is 9.03. The van der Waals surface area contributed by atoms with E-state index in [1.807, 2.05) is 71.0 Å². The summed E-state index contributed by atoms with van der Waals surface area (Å²) in [6, 6.07) is 22.3. The van der Waals surface area contributed by atoms with E-state index in [0.29, 0.717) is 23.1 Å². The summed E-state index contributed by atoms with van der Waals surface area (Å²) < 4.78 is 7.74. The second-order valence-corrected chi connectivity index (χ2v) is 11.1.